The summed E-state index contributed by atoms with van der Waals surface area (Å²) >= 11 is 0. The van der Waals surface area contributed by atoms with Gasteiger partial charge >= 0.3 is 0 Å². The van der Waals surface area contributed by atoms with E-state index >= 15 is 0 Å². The summed E-state index contributed by atoms with van der Waals surface area (Å²) < 4.78 is 25.0. The maximum Gasteiger partial charge on any atom is 0.257 e. The third-order valence-corrected chi connectivity index (χ3v) is 3.95. The van der Waals surface area contributed by atoms with Crippen LogP contribution in [0, 0.1) is 5.82 Å². The Kier molecular flexibility index (Phi) is 7.45. The first-order chi connectivity index (χ1) is 12.6. The smallest absolute Gasteiger partial charge is 0.257 e. The minimum atomic E-state index is -0.500. The highest BCUT2D eigenvalue weighted by atomic mass is 19.1. The first kappa shape index (κ1) is 19.8. The molecule has 2 aromatic rings. The number of methoxy groups -OCH3 is 1. The van der Waals surface area contributed by atoms with Gasteiger partial charge in [0, 0.05) is 13.1 Å². The average Bonchev–Trinajstić information content (AvgIpc) is 2.66. The van der Waals surface area contributed by atoms with E-state index in [1.54, 1.807) is 24.1 Å². The van der Waals surface area contributed by atoms with Crippen LogP contribution in [0.25, 0.3) is 0 Å². The number of benzene rings is 2. The highest BCUT2D eigenvalue weighted by Crippen LogP contribution is 2.29. The van der Waals surface area contributed by atoms with Gasteiger partial charge in [-0.25, -0.2) is 4.39 Å². The van der Waals surface area contributed by atoms with Gasteiger partial charge in [-0.1, -0.05) is 32.0 Å². The van der Waals surface area contributed by atoms with Crippen LogP contribution in [0.4, 0.5) is 4.39 Å². The second-order valence-electron chi connectivity index (χ2n) is 6.04. The van der Waals surface area contributed by atoms with Crippen LogP contribution >= 0.6 is 0 Å². The lowest BCUT2D eigenvalue weighted by Gasteiger charge is -2.23. The Labute approximate surface area is 154 Å². The third kappa shape index (κ3) is 4.97. The Morgan fingerprint density at radius 3 is 2.50 bits per heavy atom. The van der Waals surface area contributed by atoms with Crippen LogP contribution in [0.2, 0.25) is 0 Å². The molecular weight excluding hydrogens is 333 g/mol. The average molecular weight is 359 g/mol. The molecular formula is C21H26FNO3. The Balaban J connectivity index is 2.21. The van der Waals surface area contributed by atoms with E-state index in [2.05, 4.69) is 0 Å². The van der Waals surface area contributed by atoms with E-state index in [0.29, 0.717) is 31.2 Å². The lowest BCUT2D eigenvalue weighted by Crippen LogP contribution is -2.32. The van der Waals surface area contributed by atoms with Crippen molar-refractivity contribution in [1.82, 2.24) is 4.90 Å². The van der Waals surface area contributed by atoms with Gasteiger partial charge in [0.15, 0.2) is 11.5 Å². The van der Waals surface area contributed by atoms with Crippen LogP contribution in [0.5, 0.6) is 11.5 Å². The predicted molar refractivity (Wildman–Crippen MR) is 100 cm³/mol. The molecule has 0 aromatic heterocycles. The molecule has 0 aliphatic carbocycles. The molecule has 0 bridgehead atoms. The highest BCUT2D eigenvalue weighted by molar-refractivity contribution is 5.94. The Morgan fingerprint density at radius 1 is 1.08 bits per heavy atom. The zero-order valence-corrected chi connectivity index (χ0v) is 15.6. The van der Waals surface area contributed by atoms with Gasteiger partial charge in [0.1, 0.15) is 5.82 Å². The van der Waals surface area contributed by atoms with E-state index in [1.165, 1.54) is 12.1 Å². The number of rotatable bonds is 9. The van der Waals surface area contributed by atoms with E-state index in [4.69, 9.17) is 9.47 Å². The molecule has 0 saturated carbocycles. The van der Waals surface area contributed by atoms with Crippen molar-refractivity contribution in [3.8, 4) is 11.5 Å². The minimum Gasteiger partial charge on any atom is -0.493 e. The number of hydrogen-bond acceptors (Lipinski definition) is 3. The standard InChI is InChI=1S/C21H26FNO3/c1-4-12-23(21(24)17-8-6-7-9-18(17)22)15-16-10-11-19(26-13-5-2)20(14-16)25-3/h6-11,14H,4-5,12-13,15H2,1-3H3. The molecule has 0 aliphatic heterocycles. The summed E-state index contributed by atoms with van der Waals surface area (Å²) in [5.74, 6) is 0.501. The summed E-state index contributed by atoms with van der Waals surface area (Å²) in [5, 5.41) is 0. The summed E-state index contributed by atoms with van der Waals surface area (Å²) in [6.07, 6.45) is 1.70. The quantitative estimate of drug-likeness (QED) is 0.653. The maximum atomic E-state index is 14.0. The molecule has 0 fully saturated rings. The Hall–Kier alpha value is -2.56. The predicted octanol–water partition coefficient (Wildman–Crippen LogP) is 4.68. The lowest BCUT2D eigenvalue weighted by molar-refractivity contribution is 0.0738. The van der Waals surface area contributed by atoms with Crippen molar-refractivity contribution < 1.29 is 18.7 Å². The molecule has 2 aromatic carbocycles. The fourth-order valence-electron chi connectivity index (χ4n) is 2.69. The van der Waals surface area contributed by atoms with Gasteiger partial charge < -0.3 is 14.4 Å². The van der Waals surface area contributed by atoms with Crippen LogP contribution < -0.4 is 9.47 Å². The molecule has 0 unspecified atom stereocenters. The van der Waals surface area contributed by atoms with Gasteiger partial charge in [0.2, 0.25) is 0 Å². The molecule has 0 radical (unpaired) electrons. The first-order valence-electron chi connectivity index (χ1n) is 8.94. The third-order valence-electron chi connectivity index (χ3n) is 3.95. The number of carbonyl (C=O) groups excluding carboxylic acids is 1. The van der Waals surface area contributed by atoms with Crippen molar-refractivity contribution in [2.45, 2.75) is 33.2 Å². The molecule has 1 amide bonds. The van der Waals surface area contributed by atoms with Gasteiger partial charge in [-0.2, -0.15) is 0 Å². The zero-order chi connectivity index (χ0) is 18.9. The van der Waals surface area contributed by atoms with E-state index in [0.717, 1.165) is 18.4 Å². The van der Waals surface area contributed by atoms with Crippen molar-refractivity contribution in [1.29, 1.82) is 0 Å². The number of nitrogens with zero attached hydrogens (tertiary/aromatic N) is 1. The van der Waals surface area contributed by atoms with E-state index in [9.17, 15) is 9.18 Å². The van der Waals surface area contributed by atoms with Gasteiger partial charge in [0.25, 0.3) is 5.91 Å². The number of ether oxygens (including phenoxy) is 2. The number of hydrogen-bond donors (Lipinski definition) is 0. The molecule has 140 valence electrons. The molecule has 26 heavy (non-hydrogen) atoms. The largest absolute Gasteiger partial charge is 0.493 e. The molecule has 2 rings (SSSR count). The summed E-state index contributed by atoms with van der Waals surface area (Å²) in [6, 6.07) is 11.7. The summed E-state index contributed by atoms with van der Waals surface area (Å²) in [4.78, 5) is 14.4. The number of carbonyl (C=O) groups is 1. The molecule has 0 N–H and O–H groups in total. The lowest BCUT2D eigenvalue weighted by atomic mass is 10.1. The molecule has 0 heterocycles. The Morgan fingerprint density at radius 2 is 1.85 bits per heavy atom. The van der Waals surface area contributed by atoms with Crippen LogP contribution in [0.15, 0.2) is 42.5 Å². The normalized spacial score (nSPS) is 10.5. The van der Waals surface area contributed by atoms with Crippen LogP contribution in [-0.4, -0.2) is 31.1 Å². The van der Waals surface area contributed by atoms with Crippen molar-refractivity contribution in [2.75, 3.05) is 20.3 Å². The summed E-state index contributed by atoms with van der Waals surface area (Å²) in [5.41, 5.74) is 1.000. The first-order valence-corrected chi connectivity index (χ1v) is 8.94. The van der Waals surface area contributed by atoms with Crippen molar-refractivity contribution in [3.05, 3.63) is 59.4 Å². The topological polar surface area (TPSA) is 38.8 Å². The number of halogens is 1. The second-order valence-corrected chi connectivity index (χ2v) is 6.04. The Bertz CT molecular complexity index is 733. The highest BCUT2D eigenvalue weighted by Gasteiger charge is 2.19. The molecule has 0 spiro atoms. The summed E-state index contributed by atoms with van der Waals surface area (Å²) in [6.45, 7) is 5.57. The van der Waals surface area contributed by atoms with Gasteiger partial charge in [-0.05, 0) is 42.7 Å². The fourth-order valence-corrected chi connectivity index (χ4v) is 2.69. The SMILES string of the molecule is CCCOc1ccc(CN(CCC)C(=O)c2ccccc2F)cc1OC. The van der Waals surface area contributed by atoms with E-state index < -0.39 is 5.82 Å². The van der Waals surface area contributed by atoms with Crippen molar-refractivity contribution in [2.24, 2.45) is 0 Å². The van der Waals surface area contributed by atoms with Gasteiger partial charge in [-0.3, -0.25) is 4.79 Å². The molecule has 5 heteroatoms. The van der Waals surface area contributed by atoms with Gasteiger partial charge in [0.05, 0.1) is 19.3 Å². The molecule has 4 nitrogen and oxygen atoms in total. The van der Waals surface area contributed by atoms with E-state index in [1.807, 2.05) is 32.0 Å². The summed E-state index contributed by atoms with van der Waals surface area (Å²) in [7, 11) is 1.59. The van der Waals surface area contributed by atoms with Crippen LogP contribution in [0.1, 0.15) is 42.6 Å². The van der Waals surface area contributed by atoms with Crippen molar-refractivity contribution in [3.63, 3.8) is 0 Å². The van der Waals surface area contributed by atoms with Crippen molar-refractivity contribution >= 4 is 5.91 Å². The number of amides is 1. The second kappa shape index (κ2) is 9.80. The molecule has 0 aliphatic rings. The zero-order valence-electron chi connectivity index (χ0n) is 15.6. The maximum absolute atomic E-state index is 14.0. The molecule has 0 atom stereocenters. The molecule has 0 saturated heterocycles. The van der Waals surface area contributed by atoms with Gasteiger partial charge in [-0.15, -0.1) is 0 Å². The fraction of sp³-hybridized carbons (Fsp3) is 0.381. The van der Waals surface area contributed by atoms with E-state index in [-0.39, 0.29) is 11.5 Å². The monoisotopic (exact) mass is 359 g/mol. The minimum absolute atomic E-state index is 0.0933. The van der Waals surface area contributed by atoms with Crippen LogP contribution in [0.3, 0.4) is 0 Å². The van der Waals surface area contributed by atoms with Crippen LogP contribution in [-0.2, 0) is 6.54 Å².